The van der Waals surface area contributed by atoms with Crippen LogP contribution in [0.15, 0.2) is 107 Å². The van der Waals surface area contributed by atoms with Crippen LogP contribution in [0.2, 0.25) is 0 Å². The van der Waals surface area contributed by atoms with Crippen molar-refractivity contribution >= 4 is 33.8 Å². The Morgan fingerprint density at radius 1 is 0.871 bits per heavy atom. The molecule has 156 valence electrons. The Labute approximate surface area is 190 Å². The highest BCUT2D eigenvalue weighted by Gasteiger charge is 2.14. The lowest BCUT2D eigenvalue weighted by molar-refractivity contribution is -0.117. The van der Waals surface area contributed by atoms with Crippen LogP contribution in [-0.4, -0.2) is 18.4 Å². The molecule has 0 atom stereocenters. The molecule has 0 heterocycles. The van der Waals surface area contributed by atoms with E-state index in [0.717, 1.165) is 15.6 Å². The van der Waals surface area contributed by atoms with Crippen molar-refractivity contribution in [1.29, 1.82) is 0 Å². The fraction of sp³-hybridized carbons (Fsp3) is 0.0769. The molecule has 0 fully saturated rings. The predicted octanol–water partition coefficient (Wildman–Crippen LogP) is 5.14. The maximum atomic E-state index is 12.8. The molecule has 0 aromatic heterocycles. The summed E-state index contributed by atoms with van der Waals surface area (Å²) in [6, 6.07) is 26.7. The number of allylic oxidation sites excluding steroid dienone is 2. The minimum absolute atomic E-state index is 0.185. The molecule has 0 radical (unpaired) electrons. The highest BCUT2D eigenvalue weighted by molar-refractivity contribution is 9.10. The van der Waals surface area contributed by atoms with E-state index in [9.17, 15) is 9.59 Å². The molecule has 0 saturated carbocycles. The predicted molar refractivity (Wildman–Crippen MR) is 128 cm³/mol. The summed E-state index contributed by atoms with van der Waals surface area (Å²) in [5.74, 6) is -0.684. The smallest absolute Gasteiger partial charge is 0.267 e. The topological polar surface area (TPSA) is 58.2 Å². The van der Waals surface area contributed by atoms with Crippen LogP contribution in [0, 0.1) is 0 Å². The van der Waals surface area contributed by atoms with Gasteiger partial charge in [0.1, 0.15) is 5.70 Å². The van der Waals surface area contributed by atoms with E-state index >= 15 is 0 Å². The number of carbonyl (C=O) groups excluding carboxylic acids is 2. The summed E-state index contributed by atoms with van der Waals surface area (Å²) >= 11 is 3.36. The van der Waals surface area contributed by atoms with Gasteiger partial charge in [-0.3, -0.25) is 9.59 Å². The average molecular weight is 475 g/mol. The third-order valence-electron chi connectivity index (χ3n) is 4.47. The molecule has 3 rings (SSSR count). The van der Waals surface area contributed by atoms with Gasteiger partial charge in [0.2, 0.25) is 0 Å². The van der Waals surface area contributed by atoms with Crippen LogP contribution in [-0.2, 0) is 11.2 Å². The summed E-state index contributed by atoms with van der Waals surface area (Å²) < 4.78 is 0.793. The van der Waals surface area contributed by atoms with E-state index in [0.29, 0.717) is 18.5 Å². The third-order valence-corrected chi connectivity index (χ3v) is 4.97. The minimum atomic E-state index is -0.348. The number of benzene rings is 3. The summed E-state index contributed by atoms with van der Waals surface area (Å²) in [5, 5.41) is 5.62. The maximum absolute atomic E-state index is 12.8. The van der Waals surface area contributed by atoms with Crippen molar-refractivity contribution in [2.75, 3.05) is 6.54 Å². The zero-order chi connectivity index (χ0) is 21.9. The molecule has 0 bridgehead atoms. The first-order chi connectivity index (χ1) is 15.1. The zero-order valence-corrected chi connectivity index (χ0v) is 18.5. The lowest BCUT2D eigenvalue weighted by Crippen LogP contribution is -2.35. The first-order valence-corrected chi connectivity index (χ1v) is 10.7. The molecule has 31 heavy (non-hydrogen) atoms. The van der Waals surface area contributed by atoms with E-state index in [-0.39, 0.29) is 17.5 Å². The number of hydrogen-bond donors (Lipinski definition) is 2. The van der Waals surface area contributed by atoms with Gasteiger partial charge in [-0.2, -0.15) is 0 Å². The van der Waals surface area contributed by atoms with Crippen molar-refractivity contribution in [3.05, 3.63) is 124 Å². The normalized spacial score (nSPS) is 11.3. The van der Waals surface area contributed by atoms with E-state index in [1.165, 1.54) is 0 Å². The number of amides is 2. The second-order valence-corrected chi connectivity index (χ2v) is 7.72. The van der Waals surface area contributed by atoms with E-state index in [1.807, 2.05) is 72.8 Å². The average Bonchev–Trinajstić information content (AvgIpc) is 2.79. The number of hydrogen-bond acceptors (Lipinski definition) is 2. The second-order valence-electron chi connectivity index (χ2n) is 6.81. The monoisotopic (exact) mass is 474 g/mol. The molecule has 0 aliphatic heterocycles. The number of halogens is 1. The maximum Gasteiger partial charge on any atom is 0.267 e. The highest BCUT2D eigenvalue weighted by atomic mass is 79.9. The van der Waals surface area contributed by atoms with Gasteiger partial charge in [0.25, 0.3) is 11.8 Å². The molecule has 3 aromatic carbocycles. The summed E-state index contributed by atoms with van der Waals surface area (Å²) in [4.78, 5) is 25.4. The van der Waals surface area contributed by atoms with Crippen LogP contribution < -0.4 is 10.6 Å². The number of carbonyl (C=O) groups is 2. The van der Waals surface area contributed by atoms with Gasteiger partial charge in [-0.05, 0) is 41.8 Å². The van der Waals surface area contributed by atoms with E-state index in [1.54, 1.807) is 30.4 Å². The SMILES string of the molecule is O=C(NCCc1ccccc1)/C(=C/C=C/c1ccccc1)NC(=O)c1cccc(Br)c1. The minimum Gasteiger partial charge on any atom is -0.350 e. The van der Waals surface area contributed by atoms with Crippen molar-refractivity contribution in [3.63, 3.8) is 0 Å². The van der Waals surface area contributed by atoms with Crippen LogP contribution in [0.4, 0.5) is 0 Å². The molecular formula is C26H23BrN2O2. The first-order valence-electron chi connectivity index (χ1n) is 9.94. The largest absolute Gasteiger partial charge is 0.350 e. The summed E-state index contributed by atoms with van der Waals surface area (Å²) in [7, 11) is 0. The third kappa shape index (κ3) is 7.39. The molecule has 0 aliphatic carbocycles. The summed E-state index contributed by atoms with van der Waals surface area (Å²) in [5.41, 5.74) is 2.78. The van der Waals surface area contributed by atoms with Crippen molar-refractivity contribution in [1.82, 2.24) is 10.6 Å². The Morgan fingerprint density at radius 2 is 1.58 bits per heavy atom. The quantitative estimate of drug-likeness (QED) is 0.351. The van der Waals surface area contributed by atoms with Crippen molar-refractivity contribution < 1.29 is 9.59 Å². The fourth-order valence-electron chi connectivity index (χ4n) is 2.88. The molecule has 0 aliphatic rings. The van der Waals surface area contributed by atoms with Gasteiger partial charge in [-0.15, -0.1) is 0 Å². The van der Waals surface area contributed by atoms with Gasteiger partial charge in [-0.25, -0.2) is 0 Å². The van der Waals surface area contributed by atoms with Gasteiger partial charge in [0.15, 0.2) is 0 Å². The Balaban J connectivity index is 1.71. The van der Waals surface area contributed by atoms with Crippen molar-refractivity contribution in [3.8, 4) is 0 Å². The number of nitrogens with one attached hydrogen (secondary N) is 2. The molecular weight excluding hydrogens is 452 g/mol. The Bertz CT molecular complexity index is 1080. The molecule has 3 aromatic rings. The molecule has 2 N–H and O–H groups in total. The van der Waals surface area contributed by atoms with Gasteiger partial charge < -0.3 is 10.6 Å². The lowest BCUT2D eigenvalue weighted by atomic mass is 10.1. The van der Waals surface area contributed by atoms with Gasteiger partial charge in [0.05, 0.1) is 0 Å². The first kappa shape index (κ1) is 22.2. The highest BCUT2D eigenvalue weighted by Crippen LogP contribution is 2.12. The molecule has 0 spiro atoms. The number of rotatable bonds is 8. The second kappa shape index (κ2) is 11.7. The van der Waals surface area contributed by atoms with Gasteiger partial charge in [-0.1, -0.05) is 94.8 Å². The molecule has 0 saturated heterocycles. The molecule has 2 amide bonds. The van der Waals surface area contributed by atoms with E-state index < -0.39 is 0 Å². The molecule has 4 nitrogen and oxygen atoms in total. The van der Waals surface area contributed by atoms with Crippen LogP contribution >= 0.6 is 15.9 Å². The zero-order valence-electron chi connectivity index (χ0n) is 16.9. The van der Waals surface area contributed by atoms with Crippen molar-refractivity contribution in [2.45, 2.75) is 6.42 Å². The summed E-state index contributed by atoms with van der Waals surface area (Å²) in [6.07, 6.45) is 5.95. The Kier molecular flexibility index (Phi) is 8.38. The van der Waals surface area contributed by atoms with Crippen LogP contribution in [0.1, 0.15) is 21.5 Å². The standard InChI is InChI=1S/C26H23BrN2O2/c27-23-15-8-14-22(19-23)25(30)29-24(16-7-13-20-9-3-1-4-10-20)26(31)28-18-17-21-11-5-2-6-12-21/h1-16,19H,17-18H2,(H,28,31)(H,29,30)/b13-7+,24-16-. The van der Waals surface area contributed by atoms with Gasteiger partial charge >= 0.3 is 0 Å². The van der Waals surface area contributed by atoms with E-state index in [2.05, 4.69) is 26.6 Å². The van der Waals surface area contributed by atoms with Crippen LogP contribution in [0.3, 0.4) is 0 Å². The van der Waals surface area contributed by atoms with E-state index in [4.69, 9.17) is 0 Å². The van der Waals surface area contributed by atoms with Crippen molar-refractivity contribution in [2.24, 2.45) is 0 Å². The lowest BCUT2D eigenvalue weighted by Gasteiger charge is -2.11. The van der Waals surface area contributed by atoms with Crippen LogP contribution in [0.25, 0.3) is 6.08 Å². The Hall–Kier alpha value is -3.44. The summed E-state index contributed by atoms with van der Waals surface area (Å²) in [6.45, 7) is 0.468. The van der Waals surface area contributed by atoms with Gasteiger partial charge in [0, 0.05) is 16.6 Å². The Morgan fingerprint density at radius 3 is 2.29 bits per heavy atom. The molecule has 5 heteroatoms. The fourth-order valence-corrected chi connectivity index (χ4v) is 3.28. The molecule has 0 unspecified atom stereocenters. The van der Waals surface area contributed by atoms with Crippen LogP contribution in [0.5, 0.6) is 0 Å².